The number of carbonyl (C=O) groups is 1. The van der Waals surface area contributed by atoms with E-state index in [1.54, 1.807) is 18.2 Å². The number of Topliss-reactive ketones (excluding diaryl/α,β-unsaturated/α-hetero) is 1. The Labute approximate surface area is 189 Å². The summed E-state index contributed by atoms with van der Waals surface area (Å²) in [5, 5.41) is 10.6. The average molecular weight is 486 g/mol. The van der Waals surface area contributed by atoms with Crippen molar-refractivity contribution in [1.82, 2.24) is 4.90 Å². The molecule has 5 rings (SSSR count). The summed E-state index contributed by atoms with van der Waals surface area (Å²) >= 11 is 3.51. The van der Waals surface area contributed by atoms with Crippen molar-refractivity contribution in [1.29, 1.82) is 0 Å². The van der Waals surface area contributed by atoms with E-state index in [2.05, 4.69) is 27.8 Å². The normalized spacial score (nSPS) is 22.1. The lowest BCUT2D eigenvalue weighted by atomic mass is 9.99. The number of allylic oxidation sites excluding steroid dienone is 1. The molecule has 3 heterocycles. The van der Waals surface area contributed by atoms with Crippen molar-refractivity contribution >= 4 is 27.8 Å². The quantitative estimate of drug-likeness (QED) is 0.625. The van der Waals surface area contributed by atoms with Crippen LogP contribution in [0.4, 0.5) is 0 Å². The van der Waals surface area contributed by atoms with E-state index in [4.69, 9.17) is 14.2 Å². The van der Waals surface area contributed by atoms with Crippen LogP contribution in [-0.4, -0.2) is 35.7 Å². The number of phenols is 1. The second-order valence-electron chi connectivity index (χ2n) is 8.46. The van der Waals surface area contributed by atoms with E-state index in [-0.39, 0.29) is 24.1 Å². The predicted molar refractivity (Wildman–Crippen MR) is 119 cm³/mol. The molecule has 1 fully saturated rings. The number of benzene rings is 2. The number of rotatable bonds is 3. The second-order valence-corrected chi connectivity index (χ2v) is 9.37. The maximum atomic E-state index is 13.1. The van der Waals surface area contributed by atoms with Crippen molar-refractivity contribution in [2.24, 2.45) is 5.92 Å². The molecule has 0 amide bonds. The van der Waals surface area contributed by atoms with Gasteiger partial charge in [0, 0.05) is 28.7 Å². The molecule has 1 atom stereocenters. The number of carbonyl (C=O) groups excluding carboxylic acids is 1. The molecule has 2 aromatic rings. The van der Waals surface area contributed by atoms with E-state index in [9.17, 15) is 9.90 Å². The minimum Gasteiger partial charge on any atom is -0.507 e. The predicted octanol–water partition coefficient (Wildman–Crippen LogP) is 4.87. The fourth-order valence-electron chi connectivity index (χ4n) is 4.56. The van der Waals surface area contributed by atoms with Crippen LogP contribution < -0.4 is 9.47 Å². The Balaban J connectivity index is 1.49. The van der Waals surface area contributed by atoms with Gasteiger partial charge in [0.2, 0.25) is 5.78 Å². The monoisotopic (exact) mass is 485 g/mol. The Morgan fingerprint density at radius 3 is 3.00 bits per heavy atom. The number of phenolic OH excluding ortho intramolecular Hbond substituents is 1. The van der Waals surface area contributed by atoms with Crippen molar-refractivity contribution in [3.63, 3.8) is 0 Å². The molecule has 0 spiro atoms. The van der Waals surface area contributed by atoms with E-state index in [1.165, 1.54) is 6.42 Å². The first-order chi connectivity index (χ1) is 15.0. The Hall–Kier alpha value is -2.35. The fourth-order valence-corrected chi connectivity index (χ4v) is 5.08. The van der Waals surface area contributed by atoms with E-state index in [1.807, 2.05) is 12.1 Å². The molecule has 1 N–H and O–H groups in total. The highest BCUT2D eigenvalue weighted by molar-refractivity contribution is 9.10. The lowest BCUT2D eigenvalue weighted by molar-refractivity contribution is -0.0165. The van der Waals surface area contributed by atoms with Crippen LogP contribution in [0, 0.1) is 5.92 Å². The van der Waals surface area contributed by atoms with Crippen molar-refractivity contribution in [2.75, 3.05) is 19.9 Å². The summed E-state index contributed by atoms with van der Waals surface area (Å²) in [6.45, 7) is 5.39. The topological polar surface area (TPSA) is 68.2 Å². The fraction of sp³-hybridized carbons (Fsp3) is 0.375. The number of ketones is 1. The average Bonchev–Trinajstić information content (AvgIpc) is 3.06. The van der Waals surface area contributed by atoms with Crippen LogP contribution in [0.15, 0.2) is 34.5 Å². The first-order valence-electron chi connectivity index (χ1n) is 10.5. The van der Waals surface area contributed by atoms with E-state index >= 15 is 0 Å². The molecule has 0 bridgehead atoms. The number of piperidine rings is 1. The number of fused-ring (bicyclic) bond motifs is 2. The molecule has 6 nitrogen and oxygen atoms in total. The van der Waals surface area contributed by atoms with Crippen LogP contribution in [0.3, 0.4) is 0 Å². The summed E-state index contributed by atoms with van der Waals surface area (Å²) < 4.78 is 18.0. The highest BCUT2D eigenvalue weighted by Gasteiger charge is 2.32. The number of ether oxygens (including phenoxy) is 3. The largest absolute Gasteiger partial charge is 0.507 e. The van der Waals surface area contributed by atoms with Crippen LogP contribution in [0.2, 0.25) is 0 Å². The van der Waals surface area contributed by atoms with Gasteiger partial charge in [0.15, 0.2) is 12.6 Å². The van der Waals surface area contributed by atoms with Crippen LogP contribution in [0.5, 0.6) is 17.2 Å². The molecule has 0 aromatic heterocycles. The van der Waals surface area contributed by atoms with E-state index in [0.717, 1.165) is 35.1 Å². The van der Waals surface area contributed by atoms with Crippen LogP contribution in [0.25, 0.3) is 6.08 Å². The van der Waals surface area contributed by atoms with Gasteiger partial charge < -0.3 is 19.3 Å². The maximum Gasteiger partial charge on any atom is 0.231 e. The van der Waals surface area contributed by atoms with Gasteiger partial charge in [-0.1, -0.05) is 22.9 Å². The molecule has 0 saturated carbocycles. The summed E-state index contributed by atoms with van der Waals surface area (Å²) in [6.07, 6.45) is 4.07. The molecular formula is C24H24BrNO5. The Bertz CT molecular complexity index is 1080. The number of aromatic hydroxyl groups is 1. The van der Waals surface area contributed by atoms with Gasteiger partial charge in [0.1, 0.15) is 17.2 Å². The molecule has 3 aliphatic heterocycles. The smallest absolute Gasteiger partial charge is 0.231 e. The highest BCUT2D eigenvalue weighted by atomic mass is 79.9. The summed E-state index contributed by atoms with van der Waals surface area (Å²) in [4.78, 5) is 15.4. The highest BCUT2D eigenvalue weighted by Crippen LogP contribution is 2.41. The van der Waals surface area contributed by atoms with Crippen molar-refractivity contribution in [2.45, 2.75) is 32.9 Å². The second kappa shape index (κ2) is 8.30. The Morgan fingerprint density at radius 2 is 2.16 bits per heavy atom. The van der Waals surface area contributed by atoms with E-state index in [0.29, 0.717) is 41.7 Å². The van der Waals surface area contributed by atoms with Gasteiger partial charge in [-0.15, -0.1) is 0 Å². The molecule has 31 heavy (non-hydrogen) atoms. The van der Waals surface area contributed by atoms with Crippen molar-refractivity contribution in [3.8, 4) is 17.2 Å². The van der Waals surface area contributed by atoms with Gasteiger partial charge in [0.25, 0.3) is 0 Å². The van der Waals surface area contributed by atoms with Gasteiger partial charge >= 0.3 is 0 Å². The third-order valence-electron chi connectivity index (χ3n) is 6.03. The summed E-state index contributed by atoms with van der Waals surface area (Å²) in [7, 11) is 0. The molecular weight excluding hydrogens is 462 g/mol. The number of halogens is 1. The zero-order chi connectivity index (χ0) is 21.5. The van der Waals surface area contributed by atoms with Gasteiger partial charge in [-0.2, -0.15) is 0 Å². The maximum absolute atomic E-state index is 13.1. The van der Waals surface area contributed by atoms with Gasteiger partial charge in [0.05, 0.1) is 17.7 Å². The van der Waals surface area contributed by atoms with Crippen LogP contribution >= 0.6 is 15.9 Å². The number of nitrogens with zero attached hydrogens (tertiary/aromatic N) is 1. The minimum atomic E-state index is -0.191. The first kappa shape index (κ1) is 20.5. The summed E-state index contributed by atoms with van der Waals surface area (Å²) in [5.74, 6) is 1.97. The van der Waals surface area contributed by atoms with Gasteiger partial charge in [-0.3, -0.25) is 9.69 Å². The molecule has 3 aliphatic rings. The van der Waals surface area contributed by atoms with Crippen LogP contribution in [0.1, 0.15) is 46.8 Å². The molecule has 7 heteroatoms. The standard InChI is InChI=1S/C24H24BrNO5/c1-14-3-2-6-26(10-14)11-19-20(27)5-4-18-22(28)21(31-24(18)19)9-15-7-17(25)8-16-12-29-13-30-23(15)16/h4-5,7-9,14,27H,2-3,6,10-13H2,1H3/t14-/m0/s1. The Morgan fingerprint density at radius 1 is 1.29 bits per heavy atom. The SMILES string of the molecule is C[C@H]1CCCN(Cc2c(O)ccc3c2OC(=Cc2cc(Br)cc4c2OCOC4)C3=O)C1. The molecule has 2 aromatic carbocycles. The lowest BCUT2D eigenvalue weighted by Crippen LogP contribution is -2.33. The summed E-state index contributed by atoms with van der Waals surface area (Å²) in [6, 6.07) is 7.06. The zero-order valence-corrected chi connectivity index (χ0v) is 18.9. The molecule has 162 valence electrons. The van der Waals surface area contributed by atoms with Gasteiger partial charge in [-0.05, 0) is 55.6 Å². The van der Waals surface area contributed by atoms with Crippen LogP contribution in [-0.2, 0) is 17.9 Å². The Kier molecular flexibility index (Phi) is 5.50. The molecule has 0 unspecified atom stereocenters. The summed E-state index contributed by atoms with van der Waals surface area (Å²) in [5.41, 5.74) is 2.81. The third-order valence-corrected chi connectivity index (χ3v) is 6.49. The zero-order valence-electron chi connectivity index (χ0n) is 17.3. The number of likely N-dealkylation sites (tertiary alicyclic amines) is 1. The number of hydrogen-bond donors (Lipinski definition) is 1. The molecule has 1 saturated heterocycles. The third kappa shape index (κ3) is 3.97. The van der Waals surface area contributed by atoms with Gasteiger partial charge in [-0.25, -0.2) is 0 Å². The number of hydrogen-bond acceptors (Lipinski definition) is 6. The first-order valence-corrected chi connectivity index (χ1v) is 11.3. The van der Waals surface area contributed by atoms with Crippen molar-refractivity contribution in [3.05, 3.63) is 56.8 Å². The minimum absolute atomic E-state index is 0.159. The van der Waals surface area contributed by atoms with E-state index < -0.39 is 0 Å². The van der Waals surface area contributed by atoms with Crippen molar-refractivity contribution < 1.29 is 24.1 Å². The molecule has 0 aliphatic carbocycles. The molecule has 0 radical (unpaired) electrons. The lowest BCUT2D eigenvalue weighted by Gasteiger charge is -2.31.